The second-order valence-corrected chi connectivity index (χ2v) is 5.73. The SMILES string of the molecule is CNCc1cc(F)cc(N2c3ccccc3CCC2C)c1. The van der Waals surface area contributed by atoms with Crippen molar-refractivity contribution in [2.24, 2.45) is 0 Å². The van der Waals surface area contributed by atoms with Crippen LogP contribution in [0.25, 0.3) is 0 Å². The summed E-state index contributed by atoms with van der Waals surface area (Å²) in [4.78, 5) is 2.26. The number of anilines is 2. The molecule has 0 spiro atoms. The van der Waals surface area contributed by atoms with Crippen LogP contribution in [0.4, 0.5) is 15.8 Å². The molecule has 110 valence electrons. The molecule has 2 nitrogen and oxygen atoms in total. The molecule has 1 aliphatic rings. The number of nitrogens with one attached hydrogen (secondary N) is 1. The van der Waals surface area contributed by atoms with Crippen LogP contribution in [-0.4, -0.2) is 13.1 Å². The van der Waals surface area contributed by atoms with Gasteiger partial charge in [0.2, 0.25) is 0 Å². The van der Waals surface area contributed by atoms with Crippen molar-refractivity contribution in [1.82, 2.24) is 5.32 Å². The van der Waals surface area contributed by atoms with Gasteiger partial charge in [-0.05, 0) is 62.2 Å². The van der Waals surface area contributed by atoms with Crippen LogP contribution < -0.4 is 10.2 Å². The number of halogens is 1. The normalized spacial score (nSPS) is 17.7. The maximum absolute atomic E-state index is 14.0. The van der Waals surface area contributed by atoms with E-state index in [4.69, 9.17) is 0 Å². The molecule has 1 unspecified atom stereocenters. The van der Waals surface area contributed by atoms with Crippen LogP contribution in [0.5, 0.6) is 0 Å². The molecule has 1 heterocycles. The van der Waals surface area contributed by atoms with Gasteiger partial charge in [-0.1, -0.05) is 18.2 Å². The van der Waals surface area contributed by atoms with Gasteiger partial charge >= 0.3 is 0 Å². The highest BCUT2D eigenvalue weighted by Crippen LogP contribution is 2.37. The smallest absolute Gasteiger partial charge is 0.125 e. The number of nitrogens with zero attached hydrogens (tertiary/aromatic N) is 1. The molecule has 3 rings (SSSR count). The first kappa shape index (κ1) is 14.1. The van der Waals surface area contributed by atoms with E-state index in [1.807, 2.05) is 7.05 Å². The van der Waals surface area contributed by atoms with Gasteiger partial charge in [-0.15, -0.1) is 0 Å². The third-order valence-corrected chi connectivity index (χ3v) is 4.12. The summed E-state index contributed by atoms with van der Waals surface area (Å²) in [7, 11) is 1.88. The average Bonchev–Trinajstić information content (AvgIpc) is 2.47. The lowest BCUT2D eigenvalue weighted by molar-refractivity contribution is 0.605. The highest BCUT2D eigenvalue weighted by molar-refractivity contribution is 5.69. The number of hydrogen-bond donors (Lipinski definition) is 1. The van der Waals surface area contributed by atoms with Crippen LogP contribution in [0.1, 0.15) is 24.5 Å². The maximum Gasteiger partial charge on any atom is 0.125 e. The first-order valence-electron chi connectivity index (χ1n) is 7.50. The van der Waals surface area contributed by atoms with Crippen molar-refractivity contribution in [3.8, 4) is 0 Å². The molecule has 0 radical (unpaired) electrons. The maximum atomic E-state index is 14.0. The zero-order valence-corrected chi connectivity index (χ0v) is 12.6. The van der Waals surface area contributed by atoms with E-state index in [0.717, 1.165) is 24.1 Å². The fraction of sp³-hybridized carbons (Fsp3) is 0.333. The molecule has 1 N–H and O–H groups in total. The summed E-state index contributed by atoms with van der Waals surface area (Å²) in [6, 6.07) is 14.1. The zero-order valence-electron chi connectivity index (χ0n) is 12.6. The Kier molecular flexibility index (Phi) is 3.93. The monoisotopic (exact) mass is 284 g/mol. The molecular formula is C18H21FN2. The van der Waals surface area contributed by atoms with E-state index in [-0.39, 0.29) is 5.82 Å². The van der Waals surface area contributed by atoms with E-state index < -0.39 is 0 Å². The van der Waals surface area contributed by atoms with Crippen LogP contribution in [0.15, 0.2) is 42.5 Å². The molecule has 1 aliphatic heterocycles. The Morgan fingerprint density at radius 1 is 1.24 bits per heavy atom. The molecule has 0 aromatic heterocycles. The van der Waals surface area contributed by atoms with Crippen LogP contribution >= 0.6 is 0 Å². The lowest BCUT2D eigenvalue weighted by Crippen LogP contribution is -2.33. The van der Waals surface area contributed by atoms with Crippen LogP contribution in [0.3, 0.4) is 0 Å². The minimum Gasteiger partial charge on any atom is -0.338 e. The van der Waals surface area contributed by atoms with E-state index >= 15 is 0 Å². The Hall–Kier alpha value is -1.87. The Morgan fingerprint density at radius 3 is 2.86 bits per heavy atom. The summed E-state index contributed by atoms with van der Waals surface area (Å²) in [6.45, 7) is 2.88. The number of benzene rings is 2. The quantitative estimate of drug-likeness (QED) is 0.916. The van der Waals surface area contributed by atoms with E-state index in [9.17, 15) is 4.39 Å². The minimum atomic E-state index is -0.173. The first-order chi connectivity index (χ1) is 10.2. The predicted octanol–water partition coefficient (Wildman–Crippen LogP) is 4.02. The molecule has 2 aromatic carbocycles. The third kappa shape index (κ3) is 2.79. The van der Waals surface area contributed by atoms with Gasteiger partial charge in [-0.3, -0.25) is 0 Å². The fourth-order valence-corrected chi connectivity index (χ4v) is 3.16. The fourth-order valence-electron chi connectivity index (χ4n) is 3.16. The van der Waals surface area contributed by atoms with E-state index in [1.165, 1.54) is 11.3 Å². The molecular weight excluding hydrogens is 263 g/mol. The Labute approximate surface area is 125 Å². The first-order valence-corrected chi connectivity index (χ1v) is 7.50. The molecule has 2 aromatic rings. The number of rotatable bonds is 3. The van der Waals surface area contributed by atoms with Crippen LogP contribution in [0.2, 0.25) is 0 Å². The van der Waals surface area contributed by atoms with Gasteiger partial charge in [0.05, 0.1) is 0 Å². The van der Waals surface area contributed by atoms with Gasteiger partial charge in [-0.25, -0.2) is 4.39 Å². The predicted molar refractivity (Wildman–Crippen MR) is 85.5 cm³/mol. The standard InChI is InChI=1S/C18H21FN2/c1-13-7-8-15-5-3-4-6-18(15)21(13)17-10-14(12-20-2)9-16(19)11-17/h3-6,9-11,13,20H,7-8,12H2,1-2H3. The molecule has 3 heteroatoms. The number of para-hydroxylation sites is 1. The van der Waals surface area contributed by atoms with Crippen molar-refractivity contribution in [3.63, 3.8) is 0 Å². The van der Waals surface area contributed by atoms with E-state index in [1.54, 1.807) is 12.1 Å². The van der Waals surface area contributed by atoms with Crippen molar-refractivity contribution in [3.05, 3.63) is 59.4 Å². The lowest BCUT2D eigenvalue weighted by Gasteiger charge is -2.37. The van der Waals surface area contributed by atoms with Crippen LogP contribution in [-0.2, 0) is 13.0 Å². The minimum absolute atomic E-state index is 0.173. The Morgan fingerprint density at radius 2 is 2.05 bits per heavy atom. The van der Waals surface area contributed by atoms with Gasteiger partial charge in [0.15, 0.2) is 0 Å². The molecule has 0 saturated heterocycles. The van der Waals surface area contributed by atoms with Gasteiger partial charge in [0.25, 0.3) is 0 Å². The molecule has 21 heavy (non-hydrogen) atoms. The summed E-state index contributed by atoms with van der Waals surface area (Å²) >= 11 is 0. The summed E-state index contributed by atoms with van der Waals surface area (Å²) in [5, 5.41) is 3.09. The van der Waals surface area contributed by atoms with Crippen LogP contribution in [0, 0.1) is 5.82 Å². The number of aryl methyl sites for hydroxylation is 1. The van der Waals surface area contributed by atoms with Crippen molar-refractivity contribution >= 4 is 11.4 Å². The second-order valence-electron chi connectivity index (χ2n) is 5.73. The summed E-state index contributed by atoms with van der Waals surface area (Å²) < 4.78 is 14.0. The highest BCUT2D eigenvalue weighted by atomic mass is 19.1. The second kappa shape index (κ2) is 5.86. The van der Waals surface area contributed by atoms with Gasteiger partial charge < -0.3 is 10.2 Å². The van der Waals surface area contributed by atoms with Crippen molar-refractivity contribution in [2.75, 3.05) is 11.9 Å². The summed E-state index contributed by atoms with van der Waals surface area (Å²) in [5.41, 5.74) is 4.47. The molecule has 0 amide bonds. The van der Waals surface area contributed by atoms with Crippen molar-refractivity contribution < 1.29 is 4.39 Å². The number of fused-ring (bicyclic) bond motifs is 1. The molecule has 0 saturated carbocycles. The third-order valence-electron chi connectivity index (χ3n) is 4.12. The number of hydrogen-bond acceptors (Lipinski definition) is 2. The molecule has 0 fully saturated rings. The summed E-state index contributed by atoms with van der Waals surface area (Å²) in [6.07, 6.45) is 2.18. The van der Waals surface area contributed by atoms with Crippen molar-refractivity contribution in [1.29, 1.82) is 0 Å². The zero-order chi connectivity index (χ0) is 14.8. The summed E-state index contributed by atoms with van der Waals surface area (Å²) in [5.74, 6) is -0.173. The Bertz CT molecular complexity index is 639. The van der Waals surface area contributed by atoms with Gasteiger partial charge in [0.1, 0.15) is 5.82 Å². The molecule has 0 bridgehead atoms. The molecule has 0 aliphatic carbocycles. The van der Waals surface area contributed by atoms with Crippen molar-refractivity contribution in [2.45, 2.75) is 32.4 Å². The topological polar surface area (TPSA) is 15.3 Å². The lowest BCUT2D eigenvalue weighted by atomic mass is 9.95. The molecule has 1 atom stereocenters. The van der Waals surface area contributed by atoms with Gasteiger partial charge in [-0.2, -0.15) is 0 Å². The largest absolute Gasteiger partial charge is 0.338 e. The van der Waals surface area contributed by atoms with E-state index in [2.05, 4.69) is 47.5 Å². The van der Waals surface area contributed by atoms with Gasteiger partial charge in [0, 0.05) is 24.0 Å². The highest BCUT2D eigenvalue weighted by Gasteiger charge is 2.24. The van der Waals surface area contributed by atoms with E-state index in [0.29, 0.717) is 12.6 Å². The Balaban J connectivity index is 2.07. The average molecular weight is 284 g/mol.